The molecule has 0 aromatic heterocycles. The van der Waals surface area contributed by atoms with Gasteiger partial charge in [0.05, 0.1) is 18.2 Å². The molecule has 0 saturated heterocycles. The van der Waals surface area contributed by atoms with Crippen LogP contribution in [0.25, 0.3) is 0 Å². The maximum Gasteiger partial charge on any atom is 0.492 e. The van der Waals surface area contributed by atoms with Crippen LogP contribution in [-0.2, 0) is 27.4 Å². The fourth-order valence-corrected chi connectivity index (χ4v) is 2.89. The Bertz CT molecular complexity index is 921. The molecule has 2 aromatic rings. The first-order valence-corrected chi connectivity index (χ1v) is 8.34. The number of hydrogen-bond acceptors (Lipinski definition) is 6. The van der Waals surface area contributed by atoms with E-state index >= 15 is 0 Å². The van der Waals surface area contributed by atoms with Crippen LogP contribution in [0.2, 0.25) is 0 Å². The maximum atomic E-state index is 12.3. The van der Waals surface area contributed by atoms with E-state index in [9.17, 15) is 14.6 Å². The fraction of sp³-hybridized carbons (Fsp3) is 0.211. The van der Waals surface area contributed by atoms with E-state index in [4.69, 9.17) is 14.7 Å². The molecule has 0 aliphatic carbocycles. The molecule has 136 valence electrons. The van der Waals surface area contributed by atoms with Crippen LogP contribution in [0.5, 0.6) is 0 Å². The summed E-state index contributed by atoms with van der Waals surface area (Å²) >= 11 is 0. The second-order valence-corrected chi connectivity index (χ2v) is 6.13. The highest BCUT2D eigenvalue weighted by molar-refractivity contribution is 6.62. The van der Waals surface area contributed by atoms with E-state index in [0.717, 1.165) is 11.1 Å². The zero-order valence-electron chi connectivity index (χ0n) is 14.7. The second-order valence-electron chi connectivity index (χ2n) is 6.13. The molecule has 2 N–H and O–H groups in total. The van der Waals surface area contributed by atoms with Crippen LogP contribution in [0.15, 0.2) is 36.4 Å². The maximum absolute atomic E-state index is 12.3. The van der Waals surface area contributed by atoms with Crippen molar-refractivity contribution in [2.45, 2.75) is 20.1 Å². The highest BCUT2D eigenvalue weighted by Crippen LogP contribution is 2.16. The minimum atomic E-state index is -1.04. The number of nitrogens with one attached hydrogen (secondary N) is 1. The average molecular weight is 364 g/mol. The van der Waals surface area contributed by atoms with Gasteiger partial charge in [-0.1, -0.05) is 18.2 Å². The number of ether oxygens (including phenoxy) is 1. The fourth-order valence-electron chi connectivity index (χ4n) is 2.89. The number of esters is 1. The molecule has 0 saturated carbocycles. The molecule has 3 rings (SSSR count). The van der Waals surface area contributed by atoms with Crippen LogP contribution in [0, 0.1) is 18.3 Å². The molecule has 1 heterocycles. The number of amides is 1. The first-order valence-electron chi connectivity index (χ1n) is 8.34. The van der Waals surface area contributed by atoms with Gasteiger partial charge in [-0.2, -0.15) is 5.26 Å². The van der Waals surface area contributed by atoms with Crippen LogP contribution in [0.3, 0.4) is 0 Å². The number of nitriles is 1. The largest absolute Gasteiger partial charge is 0.492 e. The van der Waals surface area contributed by atoms with Crippen LogP contribution >= 0.6 is 0 Å². The molecule has 0 bridgehead atoms. The van der Waals surface area contributed by atoms with Gasteiger partial charge >= 0.3 is 13.1 Å². The highest BCUT2D eigenvalue weighted by Gasteiger charge is 2.31. The van der Waals surface area contributed by atoms with Crippen molar-refractivity contribution in [2.24, 2.45) is 0 Å². The number of nitrogens with zero attached hydrogens (tertiary/aromatic N) is 1. The van der Waals surface area contributed by atoms with Crippen LogP contribution in [0.1, 0.15) is 32.6 Å². The Labute approximate surface area is 156 Å². The summed E-state index contributed by atoms with van der Waals surface area (Å²) in [7, 11) is -1.04. The summed E-state index contributed by atoms with van der Waals surface area (Å²) in [4.78, 5) is 24.2. The number of fused-ring (bicyclic) bond motifs is 1. The molecular formula is C19H17BN2O5. The van der Waals surface area contributed by atoms with Gasteiger partial charge in [0.25, 0.3) is 5.91 Å². The van der Waals surface area contributed by atoms with Gasteiger partial charge in [-0.3, -0.25) is 9.59 Å². The topological polar surface area (TPSA) is 109 Å². The zero-order valence-corrected chi connectivity index (χ0v) is 14.7. The lowest BCUT2D eigenvalue weighted by molar-refractivity contribution is -0.143. The Morgan fingerprint density at radius 2 is 2.04 bits per heavy atom. The summed E-state index contributed by atoms with van der Waals surface area (Å²) in [6.07, 6.45) is 0. The van der Waals surface area contributed by atoms with Gasteiger partial charge < -0.3 is 19.7 Å². The molecule has 1 amide bonds. The predicted octanol–water partition coefficient (Wildman–Crippen LogP) is 0.558. The normalized spacial score (nSPS) is 12.3. The zero-order chi connectivity index (χ0) is 19.4. The van der Waals surface area contributed by atoms with Crippen molar-refractivity contribution in [3.05, 3.63) is 64.2 Å². The molecule has 0 spiro atoms. The minimum absolute atomic E-state index is 0.0574. The van der Waals surface area contributed by atoms with Crippen LogP contribution in [-0.4, -0.2) is 30.6 Å². The molecule has 1 aliphatic heterocycles. The number of rotatable bonds is 5. The van der Waals surface area contributed by atoms with Gasteiger partial charge in [-0.05, 0) is 47.3 Å². The molecule has 0 unspecified atom stereocenters. The first-order chi connectivity index (χ1) is 13.0. The van der Waals surface area contributed by atoms with Gasteiger partial charge in [0.15, 0.2) is 0 Å². The van der Waals surface area contributed by atoms with Gasteiger partial charge in [-0.25, -0.2) is 0 Å². The van der Waals surface area contributed by atoms with E-state index in [1.807, 2.05) is 6.07 Å². The van der Waals surface area contributed by atoms with Gasteiger partial charge in [0, 0.05) is 5.56 Å². The Morgan fingerprint density at radius 3 is 2.74 bits per heavy atom. The summed E-state index contributed by atoms with van der Waals surface area (Å²) in [5, 5.41) is 21.1. The molecule has 8 heteroatoms. The van der Waals surface area contributed by atoms with E-state index in [2.05, 4.69) is 5.32 Å². The molecular weight excluding hydrogens is 347 g/mol. The summed E-state index contributed by atoms with van der Waals surface area (Å²) < 4.78 is 10.3. The quantitative estimate of drug-likeness (QED) is 0.593. The number of carbonyl (C=O) groups is 2. The Balaban J connectivity index is 1.54. The number of benzene rings is 2. The van der Waals surface area contributed by atoms with Gasteiger partial charge in [0.2, 0.25) is 0 Å². The Kier molecular flexibility index (Phi) is 5.55. The molecule has 27 heavy (non-hydrogen) atoms. The van der Waals surface area contributed by atoms with Crippen molar-refractivity contribution in [2.75, 3.05) is 6.54 Å². The van der Waals surface area contributed by atoms with Crippen molar-refractivity contribution in [3.63, 3.8) is 0 Å². The molecule has 0 radical (unpaired) electrons. The van der Waals surface area contributed by atoms with Crippen molar-refractivity contribution in [1.29, 1.82) is 5.26 Å². The molecule has 0 atom stereocenters. The summed E-state index contributed by atoms with van der Waals surface area (Å²) in [5.41, 5.74) is 3.72. The lowest BCUT2D eigenvalue weighted by atomic mass is 9.75. The third kappa shape index (κ3) is 4.16. The third-order valence-electron chi connectivity index (χ3n) is 4.37. The van der Waals surface area contributed by atoms with E-state index in [1.54, 1.807) is 43.3 Å². The van der Waals surface area contributed by atoms with E-state index in [1.165, 1.54) is 0 Å². The van der Waals surface area contributed by atoms with Crippen molar-refractivity contribution < 1.29 is 24.0 Å². The monoisotopic (exact) mass is 364 g/mol. The molecule has 0 fully saturated rings. The van der Waals surface area contributed by atoms with Crippen molar-refractivity contribution in [3.8, 4) is 6.07 Å². The minimum Gasteiger partial charge on any atom is -0.460 e. The third-order valence-corrected chi connectivity index (χ3v) is 4.37. The molecule has 7 nitrogen and oxygen atoms in total. The van der Waals surface area contributed by atoms with Crippen molar-refractivity contribution >= 4 is 24.5 Å². The predicted molar refractivity (Wildman–Crippen MR) is 96.9 cm³/mol. The second kappa shape index (κ2) is 8.04. The summed E-state index contributed by atoms with van der Waals surface area (Å²) in [6.45, 7) is 1.82. The van der Waals surface area contributed by atoms with Crippen LogP contribution in [0.4, 0.5) is 0 Å². The molecule has 2 aromatic carbocycles. The van der Waals surface area contributed by atoms with Gasteiger partial charge in [-0.15, -0.1) is 0 Å². The Hall–Kier alpha value is -3.15. The summed E-state index contributed by atoms with van der Waals surface area (Å²) in [5.74, 6) is -1.00. The smallest absolute Gasteiger partial charge is 0.460 e. The SMILES string of the molecule is Cc1c(C(=O)NCC(=O)OCc2ccc(C#N)cc2)ccc2c1B(O)OC2. The lowest BCUT2D eigenvalue weighted by Crippen LogP contribution is -2.35. The number of carbonyl (C=O) groups excluding carboxylic acids is 2. The highest BCUT2D eigenvalue weighted by atomic mass is 16.5. The van der Waals surface area contributed by atoms with Crippen LogP contribution < -0.4 is 10.8 Å². The standard InChI is InChI=1S/C19H17BN2O5/c1-12-16(7-6-15-11-27-20(25)18(12)15)19(24)22-9-17(23)26-10-14-4-2-13(8-21)3-5-14/h2-7,25H,9-11H2,1H3,(H,22,24). The van der Waals surface area contributed by atoms with E-state index in [0.29, 0.717) is 28.8 Å². The van der Waals surface area contributed by atoms with E-state index in [-0.39, 0.29) is 13.2 Å². The van der Waals surface area contributed by atoms with Gasteiger partial charge in [0.1, 0.15) is 13.2 Å². The Morgan fingerprint density at radius 1 is 1.30 bits per heavy atom. The van der Waals surface area contributed by atoms with Crippen molar-refractivity contribution in [1.82, 2.24) is 5.32 Å². The summed E-state index contributed by atoms with van der Waals surface area (Å²) in [6, 6.07) is 12.1. The number of hydrogen-bond donors (Lipinski definition) is 2. The first kappa shape index (κ1) is 18.6. The van der Waals surface area contributed by atoms with E-state index < -0.39 is 19.0 Å². The molecule has 1 aliphatic rings. The average Bonchev–Trinajstić information content (AvgIpc) is 3.07. The lowest BCUT2D eigenvalue weighted by Gasteiger charge is -2.11.